The van der Waals surface area contributed by atoms with E-state index in [9.17, 15) is 14.3 Å². The van der Waals surface area contributed by atoms with Crippen LogP contribution in [0.25, 0.3) is 0 Å². The highest BCUT2D eigenvalue weighted by Crippen LogP contribution is 2.28. The number of rotatable bonds is 6. The lowest BCUT2D eigenvalue weighted by atomic mass is 9.90. The molecule has 1 atom stereocenters. The van der Waals surface area contributed by atoms with Crippen molar-refractivity contribution in [2.75, 3.05) is 46.5 Å². The van der Waals surface area contributed by atoms with E-state index < -0.39 is 5.60 Å². The van der Waals surface area contributed by atoms with Crippen molar-refractivity contribution in [3.8, 4) is 5.75 Å². The van der Waals surface area contributed by atoms with E-state index >= 15 is 0 Å². The molecule has 0 unspecified atom stereocenters. The number of methoxy groups -OCH3 is 1. The standard InChI is InChI=1S/C19H27FN2O4/c1-25-11-18(23)22-9-8-21(16-5-3-6-16)12-19(24,13-22)14-26-17-7-2-4-15(20)10-17/h2,4,7,10,16,24H,3,5-6,8-9,11-14H2,1H3/t19-/m0/s1. The first kappa shape index (κ1) is 19.1. The minimum absolute atomic E-state index is 0.00354. The molecule has 1 amide bonds. The third-order valence-corrected chi connectivity index (χ3v) is 5.15. The van der Waals surface area contributed by atoms with Crippen LogP contribution in [0, 0.1) is 5.82 Å². The summed E-state index contributed by atoms with van der Waals surface area (Å²) in [7, 11) is 1.48. The normalized spacial score (nSPS) is 24.8. The molecule has 0 aromatic heterocycles. The first-order valence-corrected chi connectivity index (χ1v) is 9.11. The Morgan fingerprint density at radius 2 is 2.15 bits per heavy atom. The van der Waals surface area contributed by atoms with E-state index in [1.54, 1.807) is 17.0 Å². The third-order valence-electron chi connectivity index (χ3n) is 5.15. The number of halogens is 1. The van der Waals surface area contributed by atoms with E-state index in [0.29, 0.717) is 24.9 Å². The van der Waals surface area contributed by atoms with Crippen LogP contribution in [-0.4, -0.2) is 79.0 Å². The monoisotopic (exact) mass is 366 g/mol. The number of carbonyl (C=O) groups excluding carboxylic acids is 1. The molecule has 0 radical (unpaired) electrons. The molecule has 1 saturated heterocycles. The summed E-state index contributed by atoms with van der Waals surface area (Å²) >= 11 is 0. The van der Waals surface area contributed by atoms with Crippen LogP contribution in [-0.2, 0) is 9.53 Å². The zero-order valence-electron chi connectivity index (χ0n) is 15.2. The topological polar surface area (TPSA) is 62.2 Å². The minimum atomic E-state index is -1.22. The summed E-state index contributed by atoms with van der Waals surface area (Å²) in [5, 5.41) is 11.2. The maximum atomic E-state index is 13.3. The largest absolute Gasteiger partial charge is 0.490 e. The summed E-state index contributed by atoms with van der Waals surface area (Å²) in [6, 6.07) is 6.31. The van der Waals surface area contributed by atoms with Gasteiger partial charge >= 0.3 is 0 Å². The van der Waals surface area contributed by atoms with Gasteiger partial charge in [-0.3, -0.25) is 9.69 Å². The highest BCUT2D eigenvalue weighted by molar-refractivity contribution is 5.77. The number of ether oxygens (including phenoxy) is 2. The maximum Gasteiger partial charge on any atom is 0.248 e. The lowest BCUT2D eigenvalue weighted by molar-refractivity contribution is -0.138. The van der Waals surface area contributed by atoms with E-state index in [1.165, 1.54) is 25.7 Å². The van der Waals surface area contributed by atoms with E-state index in [2.05, 4.69) is 4.90 Å². The fraction of sp³-hybridized carbons (Fsp3) is 0.632. The van der Waals surface area contributed by atoms with Gasteiger partial charge in [0, 0.05) is 38.9 Å². The summed E-state index contributed by atoms with van der Waals surface area (Å²) in [4.78, 5) is 16.2. The average Bonchev–Trinajstić information content (AvgIpc) is 2.72. The first-order valence-electron chi connectivity index (χ1n) is 9.11. The average molecular weight is 366 g/mol. The predicted molar refractivity (Wildman–Crippen MR) is 94.5 cm³/mol. The molecule has 2 aliphatic rings. The van der Waals surface area contributed by atoms with Crippen molar-refractivity contribution in [3.63, 3.8) is 0 Å². The van der Waals surface area contributed by atoms with Gasteiger partial charge in [0.05, 0.1) is 6.54 Å². The van der Waals surface area contributed by atoms with Crippen LogP contribution in [0.1, 0.15) is 19.3 Å². The number of β-amino-alcohol motifs (C(OH)–C–C–N with tert-alkyl or cyclic N) is 1. The quantitative estimate of drug-likeness (QED) is 0.822. The third kappa shape index (κ3) is 4.72. The van der Waals surface area contributed by atoms with Gasteiger partial charge in [-0.15, -0.1) is 0 Å². The molecule has 6 nitrogen and oxygen atoms in total. The molecule has 1 saturated carbocycles. The van der Waals surface area contributed by atoms with Crippen LogP contribution in [0.3, 0.4) is 0 Å². The van der Waals surface area contributed by atoms with Gasteiger partial charge in [-0.05, 0) is 25.0 Å². The van der Waals surface area contributed by atoms with Gasteiger partial charge < -0.3 is 19.5 Å². The van der Waals surface area contributed by atoms with Crippen molar-refractivity contribution < 1.29 is 23.8 Å². The summed E-state index contributed by atoms with van der Waals surface area (Å²) in [5.74, 6) is -0.164. The molecule has 1 heterocycles. The molecule has 1 aromatic carbocycles. The SMILES string of the molecule is COCC(=O)N1CCN(C2CCC2)C[C@@](O)(COc2cccc(F)c2)C1. The first-order chi connectivity index (χ1) is 12.5. The second-order valence-corrected chi connectivity index (χ2v) is 7.27. The predicted octanol–water partition coefficient (Wildman–Crippen LogP) is 1.28. The smallest absolute Gasteiger partial charge is 0.248 e. The molecular weight excluding hydrogens is 339 g/mol. The summed E-state index contributed by atoms with van der Waals surface area (Å²) in [6.45, 7) is 1.88. The Morgan fingerprint density at radius 3 is 2.81 bits per heavy atom. The second kappa shape index (κ2) is 8.33. The zero-order valence-corrected chi connectivity index (χ0v) is 15.2. The Kier molecular flexibility index (Phi) is 6.11. The van der Waals surface area contributed by atoms with Gasteiger partial charge in [-0.1, -0.05) is 12.5 Å². The molecule has 1 aliphatic heterocycles. The van der Waals surface area contributed by atoms with Crippen molar-refractivity contribution in [2.45, 2.75) is 30.9 Å². The van der Waals surface area contributed by atoms with Gasteiger partial charge in [0.1, 0.15) is 30.4 Å². The Hall–Kier alpha value is -1.70. The molecule has 26 heavy (non-hydrogen) atoms. The van der Waals surface area contributed by atoms with Gasteiger partial charge in [0.2, 0.25) is 5.91 Å². The molecule has 144 valence electrons. The molecule has 1 aliphatic carbocycles. The van der Waals surface area contributed by atoms with Gasteiger partial charge in [-0.2, -0.15) is 0 Å². The van der Waals surface area contributed by atoms with E-state index in [1.807, 2.05) is 0 Å². The molecule has 0 spiro atoms. The van der Waals surface area contributed by atoms with Gasteiger partial charge in [-0.25, -0.2) is 4.39 Å². The molecule has 7 heteroatoms. The summed E-state index contributed by atoms with van der Waals surface area (Å²) in [6.07, 6.45) is 3.44. The molecule has 1 aromatic rings. The summed E-state index contributed by atoms with van der Waals surface area (Å²) < 4.78 is 24.0. The van der Waals surface area contributed by atoms with Gasteiger partial charge in [0.25, 0.3) is 0 Å². The van der Waals surface area contributed by atoms with Crippen molar-refractivity contribution >= 4 is 5.91 Å². The lowest BCUT2D eigenvalue weighted by Gasteiger charge is -2.40. The lowest BCUT2D eigenvalue weighted by Crippen LogP contribution is -2.54. The van der Waals surface area contributed by atoms with Crippen LogP contribution in [0.15, 0.2) is 24.3 Å². The van der Waals surface area contributed by atoms with Crippen LogP contribution < -0.4 is 4.74 Å². The fourth-order valence-corrected chi connectivity index (χ4v) is 3.55. The second-order valence-electron chi connectivity index (χ2n) is 7.27. The van der Waals surface area contributed by atoms with E-state index in [0.717, 1.165) is 19.4 Å². The number of carbonyl (C=O) groups is 1. The molecule has 3 rings (SSSR count). The van der Waals surface area contributed by atoms with Crippen LogP contribution in [0.5, 0.6) is 5.75 Å². The van der Waals surface area contributed by atoms with Crippen molar-refractivity contribution in [1.82, 2.24) is 9.80 Å². The van der Waals surface area contributed by atoms with E-state index in [4.69, 9.17) is 9.47 Å². The Balaban J connectivity index is 1.71. The number of aliphatic hydroxyl groups is 1. The Morgan fingerprint density at radius 1 is 1.35 bits per heavy atom. The maximum absolute atomic E-state index is 13.3. The van der Waals surface area contributed by atoms with Crippen molar-refractivity contribution in [1.29, 1.82) is 0 Å². The Bertz CT molecular complexity index is 625. The number of amides is 1. The molecule has 2 fully saturated rings. The minimum Gasteiger partial charge on any atom is -0.490 e. The highest BCUT2D eigenvalue weighted by atomic mass is 19.1. The Labute approximate surface area is 153 Å². The van der Waals surface area contributed by atoms with E-state index in [-0.39, 0.29) is 31.5 Å². The number of benzene rings is 1. The van der Waals surface area contributed by atoms with Crippen LogP contribution in [0.2, 0.25) is 0 Å². The number of hydrogen-bond donors (Lipinski definition) is 1. The van der Waals surface area contributed by atoms with Crippen LogP contribution in [0.4, 0.5) is 4.39 Å². The molecule has 1 N–H and O–H groups in total. The number of hydrogen-bond acceptors (Lipinski definition) is 5. The van der Waals surface area contributed by atoms with Crippen LogP contribution >= 0.6 is 0 Å². The zero-order chi connectivity index (χ0) is 18.6. The molecule has 0 bridgehead atoms. The molecular formula is C19H27FN2O4. The fourth-order valence-electron chi connectivity index (χ4n) is 3.55. The van der Waals surface area contributed by atoms with Gasteiger partial charge in [0.15, 0.2) is 0 Å². The summed E-state index contributed by atoms with van der Waals surface area (Å²) in [5.41, 5.74) is -1.22. The number of nitrogens with zero attached hydrogens (tertiary/aromatic N) is 2. The van der Waals surface area contributed by atoms with Crippen molar-refractivity contribution in [3.05, 3.63) is 30.1 Å². The highest BCUT2D eigenvalue weighted by Gasteiger charge is 2.40. The van der Waals surface area contributed by atoms with Crippen molar-refractivity contribution in [2.24, 2.45) is 0 Å².